The van der Waals surface area contributed by atoms with Gasteiger partial charge in [0.15, 0.2) is 11.5 Å². The Morgan fingerprint density at radius 3 is 2.62 bits per heavy atom. The first-order valence-electron chi connectivity index (χ1n) is 8.73. The summed E-state index contributed by atoms with van der Waals surface area (Å²) >= 11 is 0. The minimum absolute atomic E-state index is 0.182. The van der Waals surface area contributed by atoms with Crippen LogP contribution in [0.1, 0.15) is 62.8 Å². The van der Waals surface area contributed by atoms with Gasteiger partial charge in [-0.05, 0) is 41.9 Å². The maximum atomic E-state index is 12.9. The van der Waals surface area contributed by atoms with E-state index >= 15 is 0 Å². The van der Waals surface area contributed by atoms with E-state index in [4.69, 9.17) is 4.74 Å². The van der Waals surface area contributed by atoms with E-state index in [1.165, 1.54) is 0 Å². The molecule has 5 heteroatoms. The first kappa shape index (κ1) is 15.8. The van der Waals surface area contributed by atoms with Gasteiger partial charge in [-0.1, -0.05) is 27.2 Å². The molecule has 1 aromatic carbocycles. The fourth-order valence-electron chi connectivity index (χ4n) is 5.57. The summed E-state index contributed by atoms with van der Waals surface area (Å²) in [7, 11) is 0. The maximum Gasteiger partial charge on any atom is 0.317 e. The van der Waals surface area contributed by atoms with Gasteiger partial charge in [0, 0.05) is 11.5 Å². The second-order valence-corrected chi connectivity index (χ2v) is 8.16. The van der Waals surface area contributed by atoms with Gasteiger partial charge in [-0.25, -0.2) is 0 Å². The summed E-state index contributed by atoms with van der Waals surface area (Å²) in [6, 6.07) is 1.73. The number of hydrogen-bond acceptors (Lipinski definition) is 5. The van der Waals surface area contributed by atoms with Crippen molar-refractivity contribution in [2.45, 2.75) is 64.1 Å². The molecule has 4 rings (SSSR count). The van der Waals surface area contributed by atoms with Crippen molar-refractivity contribution >= 4 is 5.97 Å². The Balaban J connectivity index is 2.07. The number of ether oxygens (including phenoxy) is 1. The van der Waals surface area contributed by atoms with Crippen LogP contribution in [0.3, 0.4) is 0 Å². The van der Waals surface area contributed by atoms with Crippen molar-refractivity contribution in [1.29, 1.82) is 0 Å². The Hall–Kier alpha value is -1.75. The lowest BCUT2D eigenvalue weighted by Crippen LogP contribution is -2.54. The molecule has 24 heavy (non-hydrogen) atoms. The normalized spacial score (nSPS) is 36.0. The molecular formula is C19H24O5. The van der Waals surface area contributed by atoms with Crippen molar-refractivity contribution < 1.29 is 24.9 Å². The van der Waals surface area contributed by atoms with Crippen LogP contribution in [0.25, 0.3) is 0 Å². The monoisotopic (exact) mass is 332 g/mol. The Morgan fingerprint density at radius 2 is 1.96 bits per heavy atom. The first-order valence-corrected chi connectivity index (χ1v) is 8.73. The minimum Gasteiger partial charge on any atom is -0.504 e. The quantitative estimate of drug-likeness (QED) is 0.544. The van der Waals surface area contributed by atoms with Gasteiger partial charge in [-0.2, -0.15) is 0 Å². The standard InChI is InChI=1S/C19H24O5/c1-4-9-8-10-11(14(22)12(9)20)19-7-5-6-18(2,3)16(19)15(13(10)21)24-17(19)23/h8,13,15-16,20-22H,4-7H2,1-3H3/t13-,15+,16-,19-/m0/s1. The highest BCUT2D eigenvalue weighted by molar-refractivity contribution is 5.90. The molecule has 1 aromatic rings. The lowest BCUT2D eigenvalue weighted by Gasteiger charge is -2.51. The molecule has 4 atom stereocenters. The van der Waals surface area contributed by atoms with Gasteiger partial charge in [-0.3, -0.25) is 4.79 Å². The SMILES string of the molecule is CCc1cc2c(c(O)c1O)[C@@]13CCCC(C)(C)[C@@H]1[C@H](OC3=O)[C@H]2O. The zero-order valence-corrected chi connectivity index (χ0v) is 14.3. The number of aryl methyl sites for hydroxylation is 1. The predicted octanol–water partition coefficient (Wildman–Crippen LogP) is 2.70. The Bertz CT molecular complexity index is 738. The molecule has 1 saturated carbocycles. The van der Waals surface area contributed by atoms with Gasteiger partial charge in [0.2, 0.25) is 0 Å². The van der Waals surface area contributed by atoms with Crippen molar-refractivity contribution in [3.8, 4) is 11.5 Å². The third kappa shape index (κ3) is 1.61. The molecule has 1 saturated heterocycles. The summed E-state index contributed by atoms with van der Waals surface area (Å²) in [6.45, 7) is 6.06. The number of benzene rings is 1. The number of phenolic OH excluding ortho intramolecular Hbond substituents is 2. The van der Waals surface area contributed by atoms with Gasteiger partial charge in [0.25, 0.3) is 0 Å². The van der Waals surface area contributed by atoms with Crippen LogP contribution in [-0.2, 0) is 21.4 Å². The maximum absolute atomic E-state index is 12.9. The number of aliphatic hydroxyl groups excluding tert-OH is 1. The van der Waals surface area contributed by atoms with Crippen LogP contribution >= 0.6 is 0 Å². The number of aliphatic hydroxyl groups is 1. The zero-order chi connectivity index (χ0) is 17.4. The highest BCUT2D eigenvalue weighted by atomic mass is 16.6. The van der Waals surface area contributed by atoms with Gasteiger partial charge in [0.05, 0.1) is 0 Å². The smallest absolute Gasteiger partial charge is 0.317 e. The number of esters is 1. The van der Waals surface area contributed by atoms with Crippen molar-refractivity contribution in [2.75, 3.05) is 0 Å². The molecule has 0 unspecified atom stereocenters. The fraction of sp³-hybridized carbons (Fsp3) is 0.632. The van der Waals surface area contributed by atoms with Crippen LogP contribution in [0.15, 0.2) is 6.07 Å². The van der Waals surface area contributed by atoms with E-state index in [2.05, 4.69) is 13.8 Å². The van der Waals surface area contributed by atoms with Crippen LogP contribution in [-0.4, -0.2) is 27.4 Å². The zero-order valence-electron chi connectivity index (χ0n) is 14.3. The second-order valence-electron chi connectivity index (χ2n) is 8.16. The van der Waals surface area contributed by atoms with Crippen molar-refractivity contribution in [2.24, 2.45) is 11.3 Å². The van der Waals surface area contributed by atoms with Crippen LogP contribution in [0.5, 0.6) is 11.5 Å². The molecule has 3 N–H and O–H groups in total. The Labute approximate surface area is 141 Å². The summed E-state index contributed by atoms with van der Waals surface area (Å²) in [5, 5.41) is 32.0. The van der Waals surface area contributed by atoms with E-state index in [0.717, 1.165) is 12.8 Å². The number of carbonyl (C=O) groups is 1. The van der Waals surface area contributed by atoms with Crippen LogP contribution in [0, 0.1) is 11.3 Å². The summed E-state index contributed by atoms with van der Waals surface area (Å²) in [4.78, 5) is 12.9. The molecule has 130 valence electrons. The number of aromatic hydroxyl groups is 2. The third-order valence-corrected chi connectivity index (χ3v) is 6.54. The molecule has 1 heterocycles. The Kier molecular flexibility index (Phi) is 3.06. The van der Waals surface area contributed by atoms with Crippen LogP contribution in [0.2, 0.25) is 0 Å². The molecule has 0 radical (unpaired) electrons. The molecular weight excluding hydrogens is 308 g/mol. The molecule has 0 amide bonds. The number of carbonyl (C=O) groups excluding carboxylic acids is 1. The minimum atomic E-state index is -0.973. The molecule has 2 bridgehead atoms. The average Bonchev–Trinajstić information content (AvgIpc) is 2.79. The summed E-state index contributed by atoms with van der Waals surface area (Å²) in [6.07, 6.45) is 1.33. The van der Waals surface area contributed by atoms with E-state index in [1.54, 1.807) is 6.07 Å². The molecule has 1 aliphatic heterocycles. The summed E-state index contributed by atoms with van der Waals surface area (Å²) in [5.41, 5.74) is 0.337. The van der Waals surface area contributed by atoms with E-state index in [-0.39, 0.29) is 28.8 Å². The number of phenols is 2. The van der Waals surface area contributed by atoms with E-state index in [9.17, 15) is 20.1 Å². The van der Waals surface area contributed by atoms with Gasteiger partial charge >= 0.3 is 5.97 Å². The predicted molar refractivity (Wildman–Crippen MR) is 86.8 cm³/mol. The van der Waals surface area contributed by atoms with Gasteiger partial charge in [-0.15, -0.1) is 0 Å². The van der Waals surface area contributed by atoms with Crippen LogP contribution in [0.4, 0.5) is 0 Å². The van der Waals surface area contributed by atoms with Crippen molar-refractivity contribution in [1.82, 2.24) is 0 Å². The summed E-state index contributed by atoms with van der Waals surface area (Å²) < 4.78 is 5.64. The molecule has 5 nitrogen and oxygen atoms in total. The van der Waals surface area contributed by atoms with E-state index in [1.807, 2.05) is 6.92 Å². The van der Waals surface area contributed by atoms with Crippen LogP contribution < -0.4 is 0 Å². The van der Waals surface area contributed by atoms with Gasteiger partial charge in [0.1, 0.15) is 17.6 Å². The molecule has 0 aromatic heterocycles. The molecule has 0 spiro atoms. The largest absolute Gasteiger partial charge is 0.504 e. The topological polar surface area (TPSA) is 87.0 Å². The highest BCUT2D eigenvalue weighted by Gasteiger charge is 2.70. The number of hydrogen-bond donors (Lipinski definition) is 3. The number of rotatable bonds is 1. The Morgan fingerprint density at radius 1 is 1.25 bits per heavy atom. The first-order chi connectivity index (χ1) is 11.3. The van der Waals surface area contributed by atoms with Crippen molar-refractivity contribution in [3.63, 3.8) is 0 Å². The van der Waals surface area contributed by atoms with E-state index in [0.29, 0.717) is 29.5 Å². The van der Waals surface area contributed by atoms with E-state index < -0.39 is 17.6 Å². The highest BCUT2D eigenvalue weighted by Crippen LogP contribution is 2.66. The third-order valence-electron chi connectivity index (χ3n) is 6.54. The second kappa shape index (κ2) is 4.66. The number of fused-ring (bicyclic) bond motifs is 1. The fourth-order valence-corrected chi connectivity index (χ4v) is 5.57. The lowest BCUT2D eigenvalue weighted by molar-refractivity contribution is -0.148. The molecule has 2 fully saturated rings. The lowest BCUT2D eigenvalue weighted by atomic mass is 9.49. The summed E-state index contributed by atoms with van der Waals surface area (Å²) in [5.74, 6) is -1.02. The van der Waals surface area contributed by atoms with Gasteiger partial charge < -0.3 is 20.1 Å². The van der Waals surface area contributed by atoms with Crippen molar-refractivity contribution in [3.05, 3.63) is 22.8 Å². The molecule has 3 aliphatic rings. The molecule has 2 aliphatic carbocycles. The average molecular weight is 332 g/mol.